The van der Waals surface area contributed by atoms with E-state index in [1.807, 2.05) is 0 Å². The quantitative estimate of drug-likeness (QED) is 0.439. The standard InChI is InChI=1S/C9H17N3O3/c10-8(14)7(13)5-12-9(15)6-3-1-2-4-11-6/h6-7,11,13H,1-5H2,(H2,10,14)(H,12,15). The van der Waals surface area contributed by atoms with E-state index >= 15 is 0 Å². The second-order valence-electron chi connectivity index (χ2n) is 3.67. The first-order valence-corrected chi connectivity index (χ1v) is 5.09. The number of hydrogen-bond acceptors (Lipinski definition) is 4. The van der Waals surface area contributed by atoms with Crippen LogP contribution in [0.1, 0.15) is 19.3 Å². The largest absolute Gasteiger partial charge is 0.381 e. The number of hydrogen-bond donors (Lipinski definition) is 4. The zero-order chi connectivity index (χ0) is 11.3. The zero-order valence-corrected chi connectivity index (χ0v) is 8.53. The van der Waals surface area contributed by atoms with Crippen molar-refractivity contribution in [2.24, 2.45) is 5.73 Å². The smallest absolute Gasteiger partial charge is 0.248 e. The SMILES string of the molecule is NC(=O)C(O)CNC(=O)C1CCCCN1. The summed E-state index contributed by atoms with van der Waals surface area (Å²) in [6.07, 6.45) is 1.58. The van der Waals surface area contributed by atoms with Gasteiger partial charge in [0.25, 0.3) is 0 Å². The monoisotopic (exact) mass is 215 g/mol. The summed E-state index contributed by atoms with van der Waals surface area (Å²) in [6.45, 7) is 0.711. The predicted octanol–water partition coefficient (Wildman–Crippen LogP) is -1.91. The normalized spacial score (nSPS) is 23.1. The van der Waals surface area contributed by atoms with Crippen LogP contribution in [-0.4, -0.2) is 42.2 Å². The van der Waals surface area contributed by atoms with Gasteiger partial charge in [-0.3, -0.25) is 9.59 Å². The lowest BCUT2D eigenvalue weighted by Crippen LogP contribution is -2.49. The van der Waals surface area contributed by atoms with E-state index in [2.05, 4.69) is 10.6 Å². The van der Waals surface area contributed by atoms with Crippen LogP contribution in [0.25, 0.3) is 0 Å². The fraction of sp³-hybridized carbons (Fsp3) is 0.778. The van der Waals surface area contributed by atoms with Gasteiger partial charge in [-0.05, 0) is 19.4 Å². The number of aliphatic hydroxyl groups excluding tert-OH is 1. The van der Waals surface area contributed by atoms with Crippen LogP contribution in [0.3, 0.4) is 0 Å². The Morgan fingerprint density at radius 1 is 1.53 bits per heavy atom. The maximum atomic E-state index is 11.5. The number of piperidine rings is 1. The minimum atomic E-state index is -1.31. The molecule has 1 aliphatic rings. The Bertz CT molecular complexity index is 239. The molecule has 0 spiro atoms. The van der Waals surface area contributed by atoms with Crippen molar-refractivity contribution in [2.45, 2.75) is 31.4 Å². The summed E-state index contributed by atoms with van der Waals surface area (Å²) in [7, 11) is 0. The first kappa shape index (κ1) is 11.9. The van der Waals surface area contributed by atoms with Crippen molar-refractivity contribution < 1.29 is 14.7 Å². The van der Waals surface area contributed by atoms with Gasteiger partial charge in [0.05, 0.1) is 12.6 Å². The highest BCUT2D eigenvalue weighted by Crippen LogP contribution is 2.06. The molecule has 1 aliphatic heterocycles. The molecular formula is C9H17N3O3. The predicted molar refractivity (Wildman–Crippen MR) is 53.9 cm³/mol. The summed E-state index contributed by atoms with van der Waals surface area (Å²) in [5.41, 5.74) is 4.84. The molecule has 2 unspecified atom stereocenters. The number of amides is 2. The van der Waals surface area contributed by atoms with Gasteiger partial charge in [-0.15, -0.1) is 0 Å². The lowest BCUT2D eigenvalue weighted by atomic mass is 10.0. The molecule has 0 aromatic carbocycles. The third-order valence-electron chi connectivity index (χ3n) is 2.42. The van der Waals surface area contributed by atoms with E-state index in [9.17, 15) is 9.59 Å². The number of nitrogens with one attached hydrogen (secondary N) is 2. The van der Waals surface area contributed by atoms with Crippen LogP contribution in [0.4, 0.5) is 0 Å². The Labute approximate surface area is 88.2 Å². The molecular weight excluding hydrogens is 198 g/mol. The molecule has 86 valence electrons. The minimum absolute atomic E-state index is 0.119. The Morgan fingerprint density at radius 3 is 2.80 bits per heavy atom. The lowest BCUT2D eigenvalue weighted by Gasteiger charge is -2.22. The number of carbonyl (C=O) groups excluding carboxylic acids is 2. The van der Waals surface area contributed by atoms with Crippen LogP contribution in [0.15, 0.2) is 0 Å². The lowest BCUT2D eigenvalue weighted by molar-refractivity contribution is -0.127. The van der Waals surface area contributed by atoms with Crippen molar-refractivity contribution in [1.82, 2.24) is 10.6 Å². The van der Waals surface area contributed by atoms with Gasteiger partial charge < -0.3 is 21.5 Å². The molecule has 1 saturated heterocycles. The van der Waals surface area contributed by atoms with Gasteiger partial charge in [-0.1, -0.05) is 6.42 Å². The summed E-state index contributed by atoms with van der Waals surface area (Å²) in [5.74, 6) is -1.01. The summed E-state index contributed by atoms with van der Waals surface area (Å²) >= 11 is 0. The third-order valence-corrected chi connectivity index (χ3v) is 2.42. The van der Waals surface area contributed by atoms with Crippen molar-refractivity contribution >= 4 is 11.8 Å². The van der Waals surface area contributed by atoms with Crippen LogP contribution >= 0.6 is 0 Å². The highest BCUT2D eigenvalue weighted by atomic mass is 16.3. The molecule has 0 aromatic rings. The average Bonchev–Trinajstić information content (AvgIpc) is 2.26. The van der Waals surface area contributed by atoms with Crippen LogP contribution in [0.2, 0.25) is 0 Å². The molecule has 15 heavy (non-hydrogen) atoms. The second-order valence-corrected chi connectivity index (χ2v) is 3.67. The van der Waals surface area contributed by atoms with Crippen molar-refractivity contribution in [2.75, 3.05) is 13.1 Å². The van der Waals surface area contributed by atoms with Crippen molar-refractivity contribution in [3.63, 3.8) is 0 Å². The van der Waals surface area contributed by atoms with Crippen molar-refractivity contribution in [1.29, 1.82) is 0 Å². The number of carbonyl (C=O) groups is 2. The van der Waals surface area contributed by atoms with Gasteiger partial charge in [0, 0.05) is 0 Å². The second kappa shape index (κ2) is 5.67. The summed E-state index contributed by atoms with van der Waals surface area (Å²) < 4.78 is 0. The molecule has 1 rings (SSSR count). The molecule has 6 nitrogen and oxygen atoms in total. The number of nitrogens with two attached hydrogens (primary N) is 1. The van der Waals surface area contributed by atoms with E-state index < -0.39 is 12.0 Å². The Morgan fingerprint density at radius 2 is 2.27 bits per heavy atom. The zero-order valence-electron chi connectivity index (χ0n) is 8.53. The van der Waals surface area contributed by atoms with Crippen LogP contribution in [-0.2, 0) is 9.59 Å². The van der Waals surface area contributed by atoms with Gasteiger partial charge in [-0.2, -0.15) is 0 Å². The maximum absolute atomic E-state index is 11.5. The van der Waals surface area contributed by atoms with E-state index in [0.29, 0.717) is 0 Å². The van der Waals surface area contributed by atoms with Crippen LogP contribution in [0, 0.1) is 0 Å². The fourth-order valence-electron chi connectivity index (χ4n) is 1.50. The first-order chi connectivity index (χ1) is 7.11. The molecule has 0 bridgehead atoms. The van der Waals surface area contributed by atoms with Gasteiger partial charge in [0.2, 0.25) is 11.8 Å². The van der Waals surface area contributed by atoms with E-state index in [4.69, 9.17) is 10.8 Å². The molecule has 6 heteroatoms. The topological polar surface area (TPSA) is 104 Å². The molecule has 2 amide bonds. The van der Waals surface area contributed by atoms with Gasteiger partial charge in [-0.25, -0.2) is 0 Å². The van der Waals surface area contributed by atoms with Gasteiger partial charge in [0.15, 0.2) is 0 Å². The van der Waals surface area contributed by atoms with Gasteiger partial charge in [0.1, 0.15) is 6.10 Å². The molecule has 0 radical (unpaired) electrons. The Balaban J connectivity index is 2.25. The molecule has 1 heterocycles. The minimum Gasteiger partial charge on any atom is -0.381 e. The molecule has 0 aliphatic carbocycles. The Kier molecular flexibility index (Phi) is 4.51. The summed E-state index contributed by atoms with van der Waals surface area (Å²) in [6, 6.07) is -0.209. The maximum Gasteiger partial charge on any atom is 0.248 e. The number of aliphatic hydroxyl groups is 1. The summed E-state index contributed by atoms with van der Waals surface area (Å²) in [5, 5.41) is 14.6. The van der Waals surface area contributed by atoms with E-state index in [1.54, 1.807) is 0 Å². The van der Waals surface area contributed by atoms with Gasteiger partial charge >= 0.3 is 0 Å². The summed E-state index contributed by atoms with van der Waals surface area (Å²) in [4.78, 5) is 22.0. The van der Waals surface area contributed by atoms with Crippen LogP contribution < -0.4 is 16.4 Å². The van der Waals surface area contributed by atoms with Crippen molar-refractivity contribution in [3.05, 3.63) is 0 Å². The molecule has 5 N–H and O–H groups in total. The van der Waals surface area contributed by atoms with E-state index in [1.165, 1.54) is 0 Å². The molecule has 0 aromatic heterocycles. The molecule has 2 atom stereocenters. The van der Waals surface area contributed by atoms with Crippen LogP contribution in [0.5, 0.6) is 0 Å². The van der Waals surface area contributed by atoms with E-state index in [-0.39, 0.29) is 18.5 Å². The first-order valence-electron chi connectivity index (χ1n) is 5.09. The van der Waals surface area contributed by atoms with E-state index in [0.717, 1.165) is 25.8 Å². The Hall–Kier alpha value is -1.14. The number of rotatable bonds is 4. The number of primary amides is 1. The highest BCUT2D eigenvalue weighted by molar-refractivity contribution is 5.83. The average molecular weight is 215 g/mol. The van der Waals surface area contributed by atoms with Crippen molar-refractivity contribution in [3.8, 4) is 0 Å². The highest BCUT2D eigenvalue weighted by Gasteiger charge is 2.21. The fourth-order valence-corrected chi connectivity index (χ4v) is 1.50. The third kappa shape index (κ3) is 3.85. The molecule has 1 fully saturated rings. The molecule has 0 saturated carbocycles.